The van der Waals surface area contributed by atoms with Gasteiger partial charge in [-0.2, -0.15) is 0 Å². The van der Waals surface area contributed by atoms with Crippen molar-refractivity contribution in [3.63, 3.8) is 0 Å². The van der Waals surface area contributed by atoms with Gasteiger partial charge in [0.05, 0.1) is 12.4 Å². The van der Waals surface area contributed by atoms with E-state index in [1.165, 1.54) is 6.26 Å². The molecule has 2 atom stereocenters. The van der Waals surface area contributed by atoms with Crippen molar-refractivity contribution in [2.45, 2.75) is 66.7 Å². The Labute approximate surface area is 124 Å². The molecule has 1 amide bonds. The summed E-state index contributed by atoms with van der Waals surface area (Å²) in [5.41, 5.74) is 0. The molecule has 0 aliphatic rings. The molecule has 0 rings (SSSR count). The van der Waals surface area contributed by atoms with E-state index in [0.29, 0.717) is 5.92 Å². The average Bonchev–Trinajstić information content (AvgIpc) is 2.27. The molecule has 0 heterocycles. The number of ether oxygens (including phenoxy) is 2. The zero-order chi connectivity index (χ0) is 15.9. The van der Waals surface area contributed by atoms with E-state index in [0.717, 1.165) is 0 Å². The molecule has 4 heteroatoms. The van der Waals surface area contributed by atoms with Crippen LogP contribution in [0, 0.1) is 11.8 Å². The Kier molecular flexibility index (Phi) is 8.54. The maximum absolute atomic E-state index is 12.0. The number of hydrogen-bond acceptors (Lipinski definition) is 3. The van der Waals surface area contributed by atoms with Crippen LogP contribution in [0.25, 0.3) is 0 Å². The summed E-state index contributed by atoms with van der Waals surface area (Å²) < 4.78 is 10.7. The SMILES string of the molecule is CO[C@H](C(C)C)[C@@H](C)C=COC(=O)N(C(C)C)C(C)C. The summed E-state index contributed by atoms with van der Waals surface area (Å²) in [5, 5.41) is 0. The second-order valence-corrected chi connectivity index (χ2v) is 6.11. The number of amides is 1. The van der Waals surface area contributed by atoms with E-state index in [-0.39, 0.29) is 30.2 Å². The van der Waals surface area contributed by atoms with Gasteiger partial charge >= 0.3 is 6.09 Å². The highest BCUT2D eigenvalue weighted by molar-refractivity contribution is 5.68. The van der Waals surface area contributed by atoms with Crippen LogP contribution in [0.2, 0.25) is 0 Å². The van der Waals surface area contributed by atoms with E-state index < -0.39 is 0 Å². The molecule has 0 aromatic carbocycles. The monoisotopic (exact) mass is 285 g/mol. The summed E-state index contributed by atoms with van der Waals surface area (Å²) in [7, 11) is 1.71. The van der Waals surface area contributed by atoms with Gasteiger partial charge in [-0.25, -0.2) is 4.79 Å². The van der Waals surface area contributed by atoms with Crippen LogP contribution in [0.3, 0.4) is 0 Å². The van der Waals surface area contributed by atoms with Crippen molar-refractivity contribution in [2.24, 2.45) is 11.8 Å². The third kappa shape index (κ3) is 5.95. The third-order valence-electron chi connectivity index (χ3n) is 3.32. The predicted molar refractivity (Wildman–Crippen MR) is 82.5 cm³/mol. The van der Waals surface area contributed by atoms with E-state index in [1.807, 2.05) is 33.8 Å². The predicted octanol–water partition coefficient (Wildman–Crippen LogP) is 4.06. The van der Waals surface area contributed by atoms with Crippen LogP contribution >= 0.6 is 0 Å². The number of methoxy groups -OCH3 is 1. The number of hydrogen-bond donors (Lipinski definition) is 0. The van der Waals surface area contributed by atoms with E-state index in [4.69, 9.17) is 9.47 Å². The summed E-state index contributed by atoms with van der Waals surface area (Å²) in [6, 6.07) is 0.242. The zero-order valence-electron chi connectivity index (χ0n) is 14.2. The highest BCUT2D eigenvalue weighted by atomic mass is 16.5. The largest absolute Gasteiger partial charge is 0.418 e. The smallest absolute Gasteiger partial charge is 0.415 e. The lowest BCUT2D eigenvalue weighted by atomic mass is 9.95. The zero-order valence-corrected chi connectivity index (χ0v) is 14.2. The summed E-state index contributed by atoms with van der Waals surface area (Å²) in [4.78, 5) is 13.7. The molecule has 0 radical (unpaired) electrons. The third-order valence-corrected chi connectivity index (χ3v) is 3.32. The summed E-state index contributed by atoms with van der Waals surface area (Å²) >= 11 is 0. The van der Waals surface area contributed by atoms with Crippen molar-refractivity contribution in [1.29, 1.82) is 0 Å². The maximum atomic E-state index is 12.0. The van der Waals surface area contributed by atoms with Crippen LogP contribution in [0.15, 0.2) is 12.3 Å². The first-order valence-corrected chi connectivity index (χ1v) is 7.40. The van der Waals surface area contributed by atoms with Gasteiger partial charge in [0, 0.05) is 25.1 Å². The Morgan fingerprint density at radius 2 is 1.50 bits per heavy atom. The lowest BCUT2D eigenvalue weighted by molar-refractivity contribution is 0.0369. The molecule has 20 heavy (non-hydrogen) atoms. The number of carbonyl (C=O) groups is 1. The Hall–Kier alpha value is -1.03. The molecule has 118 valence electrons. The van der Waals surface area contributed by atoms with Crippen molar-refractivity contribution < 1.29 is 14.3 Å². The number of carbonyl (C=O) groups excluding carboxylic acids is 1. The minimum absolute atomic E-state index is 0.121. The van der Waals surface area contributed by atoms with Gasteiger partial charge in [0.25, 0.3) is 0 Å². The fourth-order valence-electron chi connectivity index (χ4n) is 2.50. The van der Waals surface area contributed by atoms with Crippen LogP contribution in [-0.2, 0) is 9.47 Å². The maximum Gasteiger partial charge on any atom is 0.415 e. The Bertz CT molecular complexity index is 303. The van der Waals surface area contributed by atoms with Crippen molar-refractivity contribution >= 4 is 6.09 Å². The Morgan fingerprint density at radius 1 is 1.00 bits per heavy atom. The first-order chi connectivity index (χ1) is 9.22. The van der Waals surface area contributed by atoms with E-state index in [9.17, 15) is 4.79 Å². The molecule has 0 unspecified atom stereocenters. The molecule has 0 aromatic rings. The van der Waals surface area contributed by atoms with Crippen molar-refractivity contribution in [3.05, 3.63) is 12.3 Å². The van der Waals surface area contributed by atoms with Crippen LogP contribution in [0.1, 0.15) is 48.5 Å². The summed E-state index contributed by atoms with van der Waals surface area (Å²) in [5.74, 6) is 0.609. The van der Waals surface area contributed by atoms with Crippen molar-refractivity contribution in [2.75, 3.05) is 7.11 Å². The van der Waals surface area contributed by atoms with E-state index in [2.05, 4.69) is 20.8 Å². The fraction of sp³-hybridized carbons (Fsp3) is 0.812. The molecular formula is C16H31NO3. The highest BCUT2D eigenvalue weighted by Crippen LogP contribution is 2.17. The topological polar surface area (TPSA) is 38.8 Å². The molecule has 0 fully saturated rings. The van der Waals surface area contributed by atoms with E-state index in [1.54, 1.807) is 12.0 Å². The minimum Gasteiger partial charge on any atom is -0.418 e. The first-order valence-electron chi connectivity index (χ1n) is 7.40. The van der Waals surface area contributed by atoms with Crippen LogP contribution < -0.4 is 0 Å². The van der Waals surface area contributed by atoms with Crippen molar-refractivity contribution in [1.82, 2.24) is 4.90 Å². The molecule has 0 aliphatic carbocycles. The van der Waals surface area contributed by atoms with Gasteiger partial charge in [-0.15, -0.1) is 0 Å². The Morgan fingerprint density at radius 3 is 1.85 bits per heavy atom. The van der Waals surface area contributed by atoms with Crippen LogP contribution in [-0.4, -0.2) is 36.3 Å². The van der Waals surface area contributed by atoms with Gasteiger partial charge < -0.3 is 14.4 Å². The molecule has 0 saturated carbocycles. The molecule has 0 aliphatic heterocycles. The number of rotatable bonds is 7. The number of nitrogens with zero attached hydrogens (tertiary/aromatic N) is 1. The fourth-order valence-corrected chi connectivity index (χ4v) is 2.50. The van der Waals surface area contributed by atoms with E-state index >= 15 is 0 Å². The summed E-state index contributed by atoms with van der Waals surface area (Å²) in [6.45, 7) is 14.2. The minimum atomic E-state index is -0.308. The van der Waals surface area contributed by atoms with Gasteiger partial charge in [0.2, 0.25) is 0 Å². The van der Waals surface area contributed by atoms with Gasteiger partial charge in [-0.1, -0.05) is 20.8 Å². The van der Waals surface area contributed by atoms with Gasteiger partial charge in [0.1, 0.15) is 0 Å². The standard InChI is InChI=1S/C16H31NO3/c1-11(2)15(19-8)14(7)9-10-20-16(18)17(12(3)4)13(5)6/h9-15H,1-8H3/t14-,15+/m0/s1. The highest BCUT2D eigenvalue weighted by Gasteiger charge is 2.21. The average molecular weight is 285 g/mol. The second-order valence-electron chi connectivity index (χ2n) is 6.11. The quantitative estimate of drug-likeness (QED) is 0.662. The molecular weight excluding hydrogens is 254 g/mol. The molecule has 0 spiro atoms. The molecule has 0 bridgehead atoms. The lowest BCUT2D eigenvalue weighted by Crippen LogP contribution is -2.41. The second kappa shape index (κ2) is 9.01. The van der Waals surface area contributed by atoms with Crippen molar-refractivity contribution in [3.8, 4) is 0 Å². The molecule has 0 saturated heterocycles. The molecule has 0 N–H and O–H groups in total. The van der Waals surface area contributed by atoms with Gasteiger partial charge in [-0.3, -0.25) is 0 Å². The van der Waals surface area contributed by atoms with Gasteiger partial charge in [-0.05, 0) is 39.7 Å². The van der Waals surface area contributed by atoms with Crippen LogP contribution in [0.4, 0.5) is 4.79 Å². The normalized spacial score (nSPS) is 15.2. The Balaban J connectivity index is 4.53. The van der Waals surface area contributed by atoms with Gasteiger partial charge in [0.15, 0.2) is 0 Å². The lowest BCUT2D eigenvalue weighted by Gasteiger charge is -2.29. The molecule has 4 nitrogen and oxygen atoms in total. The first kappa shape index (κ1) is 19.0. The van der Waals surface area contributed by atoms with Crippen LogP contribution in [0.5, 0.6) is 0 Å². The molecule has 0 aromatic heterocycles. The summed E-state index contributed by atoms with van der Waals surface area (Å²) in [6.07, 6.45) is 3.18.